The second-order valence-electron chi connectivity index (χ2n) is 7.40. The van der Waals surface area contributed by atoms with Crippen LogP contribution >= 0.6 is 22.9 Å². The Hall–Kier alpha value is -3.62. The Labute approximate surface area is 197 Å². The first kappa shape index (κ1) is 21.2. The van der Waals surface area contributed by atoms with Gasteiger partial charge in [-0.1, -0.05) is 23.7 Å². The zero-order valence-corrected chi connectivity index (χ0v) is 18.9. The predicted molar refractivity (Wildman–Crippen MR) is 124 cm³/mol. The largest absolute Gasteiger partial charge is 0.503 e. The van der Waals surface area contributed by atoms with E-state index < -0.39 is 23.5 Å². The fourth-order valence-electron chi connectivity index (χ4n) is 3.95. The third kappa shape index (κ3) is 3.67. The second-order valence-corrected chi connectivity index (χ2v) is 8.87. The van der Waals surface area contributed by atoms with E-state index in [0.29, 0.717) is 27.4 Å². The highest BCUT2D eigenvalue weighted by molar-refractivity contribution is 7.09. The number of carbonyl (C=O) groups excluding carboxylic acids is 2. The maximum absolute atomic E-state index is 13.6. The molecular weight excluding hydrogens is 464 g/mol. The Morgan fingerprint density at radius 2 is 2.12 bits per heavy atom. The zero-order valence-electron chi connectivity index (χ0n) is 17.3. The number of amides is 1. The number of benzene rings is 1. The van der Waals surface area contributed by atoms with E-state index in [1.54, 1.807) is 36.5 Å². The van der Waals surface area contributed by atoms with Gasteiger partial charge in [-0.25, -0.2) is 0 Å². The van der Waals surface area contributed by atoms with Crippen molar-refractivity contribution >= 4 is 45.6 Å². The van der Waals surface area contributed by atoms with Gasteiger partial charge in [0, 0.05) is 27.5 Å². The molecule has 7 nitrogen and oxygen atoms in total. The lowest BCUT2D eigenvalue weighted by Crippen LogP contribution is -2.30. The number of Topliss-reactive ketones (excluding diaryl/α,β-unsaturated/α-hetero) is 1. The van der Waals surface area contributed by atoms with Gasteiger partial charge in [-0.05, 0) is 35.7 Å². The molecule has 1 aliphatic rings. The minimum Gasteiger partial charge on any atom is -0.503 e. The average molecular weight is 481 g/mol. The molecule has 4 heterocycles. The minimum atomic E-state index is -0.869. The van der Waals surface area contributed by atoms with E-state index in [1.165, 1.54) is 29.4 Å². The van der Waals surface area contributed by atoms with E-state index in [2.05, 4.69) is 4.98 Å². The summed E-state index contributed by atoms with van der Waals surface area (Å²) in [7, 11) is 1.47. The molecule has 0 spiro atoms. The molecule has 1 aliphatic heterocycles. The molecule has 4 aromatic rings. The SMILES string of the molecule is COc1cc(Cl)cc2cc(C(=O)C3=C(O)C(=O)N(Cc4cccs4)C3c3ccccn3)oc12. The number of nitrogens with zero attached hydrogens (tertiary/aromatic N) is 2. The third-order valence-electron chi connectivity index (χ3n) is 5.41. The maximum Gasteiger partial charge on any atom is 0.290 e. The molecule has 1 atom stereocenters. The molecule has 0 fully saturated rings. The Morgan fingerprint density at radius 1 is 1.27 bits per heavy atom. The number of pyridine rings is 1. The highest BCUT2D eigenvalue weighted by atomic mass is 35.5. The number of ketones is 1. The molecule has 0 bridgehead atoms. The Balaban J connectivity index is 1.61. The highest BCUT2D eigenvalue weighted by Crippen LogP contribution is 2.41. The first-order valence-electron chi connectivity index (χ1n) is 9.97. The maximum atomic E-state index is 13.6. The number of aliphatic hydroxyl groups is 1. The van der Waals surface area contributed by atoms with Crippen LogP contribution in [0.4, 0.5) is 0 Å². The van der Waals surface area contributed by atoms with Gasteiger partial charge in [-0.2, -0.15) is 0 Å². The number of hydrogen-bond donors (Lipinski definition) is 1. The number of thiophene rings is 1. The Morgan fingerprint density at radius 3 is 2.82 bits per heavy atom. The van der Waals surface area contributed by atoms with Crippen molar-refractivity contribution in [2.45, 2.75) is 12.6 Å². The van der Waals surface area contributed by atoms with E-state index in [4.69, 9.17) is 20.8 Å². The van der Waals surface area contributed by atoms with Gasteiger partial charge in [-0.3, -0.25) is 14.6 Å². The fraction of sp³-hybridized carbons (Fsp3) is 0.125. The number of carbonyl (C=O) groups is 2. The van der Waals surface area contributed by atoms with Crippen LogP contribution in [-0.4, -0.2) is 33.8 Å². The number of methoxy groups -OCH3 is 1. The summed E-state index contributed by atoms with van der Waals surface area (Å²) in [5.41, 5.74) is 0.727. The smallest absolute Gasteiger partial charge is 0.290 e. The molecule has 1 aromatic carbocycles. The molecule has 5 rings (SSSR count). The zero-order chi connectivity index (χ0) is 23.1. The summed E-state index contributed by atoms with van der Waals surface area (Å²) in [5.74, 6) is -1.53. The number of fused-ring (bicyclic) bond motifs is 1. The van der Waals surface area contributed by atoms with Crippen molar-refractivity contribution < 1.29 is 23.8 Å². The van der Waals surface area contributed by atoms with Crippen molar-refractivity contribution in [2.24, 2.45) is 0 Å². The molecule has 1 N–H and O–H groups in total. The number of halogens is 1. The summed E-state index contributed by atoms with van der Waals surface area (Å²) < 4.78 is 11.1. The van der Waals surface area contributed by atoms with Crippen molar-refractivity contribution in [3.8, 4) is 5.75 Å². The monoisotopic (exact) mass is 480 g/mol. The lowest BCUT2D eigenvalue weighted by molar-refractivity contribution is -0.130. The first-order chi connectivity index (χ1) is 16.0. The number of aliphatic hydroxyl groups excluding tert-OH is 1. The molecule has 0 aliphatic carbocycles. The van der Waals surface area contributed by atoms with Crippen molar-refractivity contribution in [3.05, 3.63) is 92.8 Å². The highest BCUT2D eigenvalue weighted by Gasteiger charge is 2.45. The summed E-state index contributed by atoms with van der Waals surface area (Å²) in [6.45, 7) is 0.224. The van der Waals surface area contributed by atoms with Crippen LogP contribution in [0.1, 0.15) is 27.2 Å². The van der Waals surface area contributed by atoms with Gasteiger partial charge in [0.1, 0.15) is 6.04 Å². The van der Waals surface area contributed by atoms with Gasteiger partial charge in [0.15, 0.2) is 22.9 Å². The van der Waals surface area contributed by atoms with Gasteiger partial charge >= 0.3 is 0 Å². The molecular formula is C24H17ClN2O5S. The first-order valence-corrected chi connectivity index (χ1v) is 11.2. The number of rotatable bonds is 6. The van der Waals surface area contributed by atoms with Crippen molar-refractivity contribution in [2.75, 3.05) is 7.11 Å². The molecule has 0 saturated carbocycles. The number of ether oxygens (including phenoxy) is 1. The number of furan rings is 1. The summed E-state index contributed by atoms with van der Waals surface area (Å²) in [6.07, 6.45) is 1.58. The summed E-state index contributed by atoms with van der Waals surface area (Å²) in [6, 6.07) is 12.9. The van der Waals surface area contributed by atoms with E-state index in [-0.39, 0.29) is 17.9 Å². The number of aromatic nitrogens is 1. The van der Waals surface area contributed by atoms with Gasteiger partial charge in [-0.15, -0.1) is 11.3 Å². The van der Waals surface area contributed by atoms with Crippen LogP contribution in [0.3, 0.4) is 0 Å². The Bertz CT molecular complexity index is 1400. The molecule has 0 radical (unpaired) electrons. The van der Waals surface area contributed by atoms with Crippen LogP contribution in [0.2, 0.25) is 5.02 Å². The third-order valence-corrected chi connectivity index (χ3v) is 6.49. The molecule has 33 heavy (non-hydrogen) atoms. The van der Waals surface area contributed by atoms with Gasteiger partial charge in [0.05, 0.1) is 24.9 Å². The van der Waals surface area contributed by atoms with Crippen molar-refractivity contribution in [1.29, 1.82) is 0 Å². The second kappa shape index (κ2) is 8.38. The van der Waals surface area contributed by atoms with Crippen LogP contribution in [0.5, 0.6) is 5.75 Å². The van der Waals surface area contributed by atoms with Crippen molar-refractivity contribution in [3.63, 3.8) is 0 Å². The van der Waals surface area contributed by atoms with Crippen LogP contribution in [0.15, 0.2) is 75.9 Å². The summed E-state index contributed by atoms with van der Waals surface area (Å²) in [5, 5.41) is 13.7. The quantitative estimate of drug-likeness (QED) is 0.375. The number of hydrogen-bond acceptors (Lipinski definition) is 7. The molecule has 166 valence electrons. The van der Waals surface area contributed by atoms with E-state index in [0.717, 1.165) is 4.88 Å². The Kier molecular flexibility index (Phi) is 5.39. The normalized spacial score (nSPS) is 16.1. The van der Waals surface area contributed by atoms with Gasteiger partial charge in [0.25, 0.3) is 5.91 Å². The minimum absolute atomic E-state index is 0.0428. The molecule has 3 aromatic heterocycles. The molecule has 1 unspecified atom stereocenters. The average Bonchev–Trinajstić information content (AvgIpc) is 3.54. The molecule has 1 amide bonds. The lowest BCUT2D eigenvalue weighted by atomic mass is 9.98. The fourth-order valence-corrected chi connectivity index (χ4v) is 4.87. The van der Waals surface area contributed by atoms with Crippen LogP contribution in [0.25, 0.3) is 11.0 Å². The van der Waals surface area contributed by atoms with E-state index in [1.807, 2.05) is 17.5 Å². The van der Waals surface area contributed by atoms with Gasteiger partial charge < -0.3 is 19.2 Å². The topological polar surface area (TPSA) is 92.9 Å². The lowest BCUT2D eigenvalue weighted by Gasteiger charge is -2.25. The summed E-state index contributed by atoms with van der Waals surface area (Å²) in [4.78, 5) is 33.4. The molecule has 0 saturated heterocycles. The van der Waals surface area contributed by atoms with Crippen molar-refractivity contribution in [1.82, 2.24) is 9.88 Å². The molecule has 9 heteroatoms. The van der Waals surface area contributed by atoms with Gasteiger partial charge in [0.2, 0.25) is 5.78 Å². The standard InChI is InChI=1S/C24H17ClN2O5S/c1-31-18-11-14(25)9-13-10-17(32-23(13)18)21(28)19-20(16-6-2-3-7-26-16)27(24(30)22(19)29)12-15-5-4-8-33-15/h2-11,20,29H,12H2,1H3. The van der Waals surface area contributed by atoms with E-state index in [9.17, 15) is 14.7 Å². The van der Waals surface area contributed by atoms with E-state index >= 15 is 0 Å². The van der Waals surface area contributed by atoms with Crippen LogP contribution in [0, 0.1) is 0 Å². The van der Waals surface area contributed by atoms with Crippen LogP contribution < -0.4 is 4.74 Å². The summed E-state index contributed by atoms with van der Waals surface area (Å²) >= 11 is 7.62. The predicted octanol–water partition coefficient (Wildman–Crippen LogP) is 5.33. The van der Waals surface area contributed by atoms with Crippen LogP contribution in [-0.2, 0) is 11.3 Å².